The van der Waals surface area contributed by atoms with Crippen LogP contribution in [0.25, 0.3) is 10.8 Å². The molecule has 2 rings (SSSR count). The zero-order chi connectivity index (χ0) is 9.10. The van der Waals surface area contributed by atoms with E-state index in [-0.39, 0.29) is 0 Å². The van der Waals surface area contributed by atoms with Crippen molar-refractivity contribution in [1.82, 2.24) is 4.98 Å². The third-order valence-corrected chi connectivity index (χ3v) is 2.60. The Bertz CT molecular complexity index is 391. The molecular formula is C9H7NO2S. The highest BCUT2D eigenvalue weighted by atomic mass is 32.1. The van der Waals surface area contributed by atoms with Crippen molar-refractivity contribution in [3.8, 4) is 10.8 Å². The minimum Gasteiger partial charge on any atom is -0.462 e. The van der Waals surface area contributed by atoms with Crippen molar-refractivity contribution < 1.29 is 9.21 Å². The Kier molecular flexibility index (Phi) is 2.23. The van der Waals surface area contributed by atoms with Crippen molar-refractivity contribution in [3.05, 3.63) is 29.5 Å². The molecule has 0 saturated carbocycles. The van der Waals surface area contributed by atoms with Crippen LogP contribution in [0, 0.1) is 0 Å². The SMILES string of the molecule is O=CCc1cnc(-c2ccco2)s1. The Morgan fingerprint density at radius 1 is 1.62 bits per heavy atom. The summed E-state index contributed by atoms with van der Waals surface area (Å²) in [4.78, 5) is 15.3. The summed E-state index contributed by atoms with van der Waals surface area (Å²) in [5.74, 6) is 0.752. The van der Waals surface area contributed by atoms with E-state index < -0.39 is 0 Å². The molecule has 0 N–H and O–H groups in total. The molecule has 0 radical (unpaired) electrons. The lowest BCUT2D eigenvalue weighted by molar-refractivity contribution is -0.107. The second kappa shape index (κ2) is 3.53. The summed E-state index contributed by atoms with van der Waals surface area (Å²) < 4.78 is 5.17. The number of nitrogens with zero attached hydrogens (tertiary/aromatic N) is 1. The van der Waals surface area contributed by atoms with Gasteiger partial charge in [0.15, 0.2) is 10.8 Å². The second-order valence-electron chi connectivity index (χ2n) is 2.48. The Morgan fingerprint density at radius 3 is 3.23 bits per heavy atom. The van der Waals surface area contributed by atoms with Crippen LogP contribution in [0.5, 0.6) is 0 Å². The molecule has 0 aliphatic rings. The summed E-state index contributed by atoms with van der Waals surface area (Å²) in [5.41, 5.74) is 0. The minimum atomic E-state index is 0.429. The van der Waals surface area contributed by atoms with E-state index in [9.17, 15) is 4.79 Å². The molecule has 0 bridgehead atoms. The van der Waals surface area contributed by atoms with Crippen molar-refractivity contribution >= 4 is 17.6 Å². The van der Waals surface area contributed by atoms with Crippen LogP contribution >= 0.6 is 11.3 Å². The van der Waals surface area contributed by atoms with Gasteiger partial charge in [-0.1, -0.05) is 0 Å². The maximum Gasteiger partial charge on any atom is 0.162 e. The highest BCUT2D eigenvalue weighted by molar-refractivity contribution is 7.15. The number of aldehydes is 1. The molecular weight excluding hydrogens is 186 g/mol. The number of furan rings is 1. The molecule has 0 aliphatic carbocycles. The molecule has 13 heavy (non-hydrogen) atoms. The van der Waals surface area contributed by atoms with Gasteiger partial charge in [-0.15, -0.1) is 11.3 Å². The Balaban J connectivity index is 2.28. The summed E-state index contributed by atoms with van der Waals surface area (Å²) in [6, 6.07) is 3.67. The van der Waals surface area contributed by atoms with E-state index in [1.807, 2.05) is 12.1 Å². The molecule has 0 unspecified atom stereocenters. The van der Waals surface area contributed by atoms with E-state index in [2.05, 4.69) is 4.98 Å². The normalized spacial score (nSPS) is 10.2. The molecule has 2 aromatic rings. The maximum absolute atomic E-state index is 10.2. The molecule has 0 aliphatic heterocycles. The topological polar surface area (TPSA) is 43.1 Å². The highest BCUT2D eigenvalue weighted by Gasteiger charge is 2.05. The number of hydrogen-bond donors (Lipinski definition) is 0. The lowest BCUT2D eigenvalue weighted by Crippen LogP contribution is -1.76. The fraction of sp³-hybridized carbons (Fsp3) is 0.111. The van der Waals surface area contributed by atoms with E-state index in [1.54, 1.807) is 12.5 Å². The first kappa shape index (κ1) is 8.19. The summed E-state index contributed by atoms with van der Waals surface area (Å²) in [5, 5.41) is 0.821. The quantitative estimate of drug-likeness (QED) is 0.701. The number of carbonyl (C=O) groups excluding carboxylic acids is 1. The van der Waals surface area contributed by atoms with Crippen LogP contribution < -0.4 is 0 Å². The van der Waals surface area contributed by atoms with Gasteiger partial charge in [-0.3, -0.25) is 0 Å². The molecule has 0 fully saturated rings. The van der Waals surface area contributed by atoms with E-state index in [4.69, 9.17) is 4.42 Å². The van der Waals surface area contributed by atoms with Crippen LogP contribution in [0.1, 0.15) is 4.88 Å². The molecule has 0 saturated heterocycles. The van der Waals surface area contributed by atoms with Gasteiger partial charge in [-0.2, -0.15) is 0 Å². The van der Waals surface area contributed by atoms with Crippen molar-refractivity contribution in [1.29, 1.82) is 0 Å². The third-order valence-electron chi connectivity index (χ3n) is 1.57. The van der Waals surface area contributed by atoms with Gasteiger partial charge in [-0.05, 0) is 12.1 Å². The van der Waals surface area contributed by atoms with Gasteiger partial charge in [0.2, 0.25) is 0 Å². The molecule has 0 amide bonds. The first-order chi connectivity index (χ1) is 6.40. The van der Waals surface area contributed by atoms with E-state index >= 15 is 0 Å². The molecule has 66 valence electrons. The summed E-state index contributed by atoms with van der Waals surface area (Å²) in [6.45, 7) is 0. The van der Waals surface area contributed by atoms with Crippen LogP contribution in [-0.4, -0.2) is 11.3 Å². The minimum absolute atomic E-state index is 0.429. The van der Waals surface area contributed by atoms with Crippen molar-refractivity contribution in [2.24, 2.45) is 0 Å². The fourth-order valence-corrected chi connectivity index (χ4v) is 1.83. The molecule has 2 aromatic heterocycles. The maximum atomic E-state index is 10.2. The molecule has 0 atom stereocenters. The van der Waals surface area contributed by atoms with Gasteiger partial charge < -0.3 is 9.21 Å². The van der Waals surface area contributed by atoms with Crippen LogP contribution in [0.3, 0.4) is 0 Å². The zero-order valence-electron chi connectivity index (χ0n) is 6.77. The first-order valence-corrected chi connectivity index (χ1v) is 4.64. The van der Waals surface area contributed by atoms with Gasteiger partial charge in [0.1, 0.15) is 6.29 Å². The number of rotatable bonds is 3. The zero-order valence-corrected chi connectivity index (χ0v) is 7.58. The van der Waals surface area contributed by atoms with Gasteiger partial charge in [0.05, 0.1) is 6.26 Å². The predicted octanol–water partition coefficient (Wildman–Crippen LogP) is 2.14. The van der Waals surface area contributed by atoms with Gasteiger partial charge in [0.25, 0.3) is 0 Å². The van der Waals surface area contributed by atoms with Crippen molar-refractivity contribution in [2.75, 3.05) is 0 Å². The van der Waals surface area contributed by atoms with Crippen LogP contribution in [0.4, 0.5) is 0 Å². The number of carbonyl (C=O) groups is 1. The van der Waals surface area contributed by atoms with Gasteiger partial charge in [-0.25, -0.2) is 4.98 Å². The van der Waals surface area contributed by atoms with E-state index in [0.29, 0.717) is 6.42 Å². The first-order valence-electron chi connectivity index (χ1n) is 3.82. The average Bonchev–Trinajstić information content (AvgIpc) is 2.70. The number of aromatic nitrogens is 1. The molecule has 3 nitrogen and oxygen atoms in total. The second-order valence-corrected chi connectivity index (χ2v) is 3.60. The number of thiazole rings is 1. The Morgan fingerprint density at radius 2 is 2.54 bits per heavy atom. The van der Waals surface area contributed by atoms with Crippen LogP contribution in [0.2, 0.25) is 0 Å². The Labute approximate surface area is 79.0 Å². The lowest BCUT2D eigenvalue weighted by atomic mass is 10.4. The fourth-order valence-electron chi connectivity index (χ4n) is 0.998. The van der Waals surface area contributed by atoms with E-state index in [0.717, 1.165) is 21.9 Å². The smallest absolute Gasteiger partial charge is 0.162 e. The molecule has 0 aromatic carbocycles. The van der Waals surface area contributed by atoms with Crippen LogP contribution in [0.15, 0.2) is 29.0 Å². The predicted molar refractivity (Wildman–Crippen MR) is 49.6 cm³/mol. The Hall–Kier alpha value is -1.42. The van der Waals surface area contributed by atoms with Gasteiger partial charge in [0, 0.05) is 17.5 Å². The summed E-state index contributed by atoms with van der Waals surface area (Å²) in [6.07, 6.45) is 4.62. The largest absolute Gasteiger partial charge is 0.462 e. The third kappa shape index (κ3) is 1.67. The lowest BCUT2D eigenvalue weighted by Gasteiger charge is -1.85. The molecule has 2 heterocycles. The van der Waals surface area contributed by atoms with E-state index in [1.165, 1.54) is 11.3 Å². The standard InChI is InChI=1S/C9H7NO2S/c11-4-3-7-6-10-9(13-7)8-2-1-5-12-8/h1-2,4-6H,3H2. The summed E-state index contributed by atoms with van der Waals surface area (Å²) in [7, 11) is 0. The monoisotopic (exact) mass is 193 g/mol. The number of hydrogen-bond acceptors (Lipinski definition) is 4. The average molecular weight is 193 g/mol. The summed E-state index contributed by atoms with van der Waals surface area (Å²) >= 11 is 1.48. The molecule has 4 heteroatoms. The van der Waals surface area contributed by atoms with Crippen LogP contribution in [-0.2, 0) is 11.2 Å². The van der Waals surface area contributed by atoms with Crippen molar-refractivity contribution in [2.45, 2.75) is 6.42 Å². The van der Waals surface area contributed by atoms with Crippen molar-refractivity contribution in [3.63, 3.8) is 0 Å². The van der Waals surface area contributed by atoms with Gasteiger partial charge >= 0.3 is 0 Å². The highest BCUT2D eigenvalue weighted by Crippen LogP contribution is 2.25. The molecule has 0 spiro atoms.